The summed E-state index contributed by atoms with van der Waals surface area (Å²) in [5.41, 5.74) is 12.2. The number of nitrogens with two attached hydrogens (primary N) is 2. The van der Waals surface area contributed by atoms with Crippen molar-refractivity contribution in [3.63, 3.8) is 0 Å². The molecule has 0 saturated carbocycles. The molecule has 0 aliphatic rings. The first-order valence-corrected chi connectivity index (χ1v) is 6.12. The predicted octanol–water partition coefficient (Wildman–Crippen LogP) is 1.09. The van der Waals surface area contributed by atoms with Crippen LogP contribution in [0.3, 0.4) is 0 Å². The monoisotopic (exact) mass is 296 g/mol. The molecule has 2 rings (SSSR count). The second-order valence-corrected chi connectivity index (χ2v) is 4.11. The first-order chi connectivity index (χ1) is 10.6. The van der Waals surface area contributed by atoms with Crippen molar-refractivity contribution in [2.75, 3.05) is 25.2 Å². The second-order valence-electron chi connectivity index (χ2n) is 4.11. The van der Waals surface area contributed by atoms with Gasteiger partial charge in [-0.25, -0.2) is 4.98 Å². The summed E-state index contributed by atoms with van der Waals surface area (Å²) in [6.45, 7) is -0.140. The van der Waals surface area contributed by atoms with Gasteiger partial charge in [0.1, 0.15) is 23.5 Å². The van der Waals surface area contributed by atoms with Gasteiger partial charge >= 0.3 is 0 Å². The number of rotatable bonds is 4. The molecule has 8 heteroatoms. The van der Waals surface area contributed by atoms with Crippen LogP contribution in [0.4, 0.5) is 11.8 Å². The normalized spacial score (nSPS) is 9.59. The van der Waals surface area contributed by atoms with Crippen LogP contribution >= 0.6 is 0 Å². The van der Waals surface area contributed by atoms with Crippen molar-refractivity contribution in [1.29, 1.82) is 10.5 Å². The Bertz CT molecular complexity index is 791. The fraction of sp³-hybridized carbons (Fsp3) is 0.143. The molecule has 0 unspecified atom stereocenters. The topological polar surface area (TPSA) is 144 Å². The molecule has 0 radical (unpaired) electrons. The lowest BCUT2D eigenvalue weighted by Gasteiger charge is -2.11. The quantitative estimate of drug-likeness (QED) is 0.852. The van der Waals surface area contributed by atoms with E-state index in [0.717, 1.165) is 0 Å². The standard InChI is InChI=1S/C14H12N6O2/c1-21-10-3-2-8(6-11(10)22-5-4-15)12-9(7-16)13(17)20-14(18)19-12/h2-3,6H,5H2,1H3,(H4,17,18,19,20). The van der Waals surface area contributed by atoms with E-state index < -0.39 is 0 Å². The van der Waals surface area contributed by atoms with Crippen LogP contribution in [0.2, 0.25) is 0 Å². The minimum atomic E-state index is -0.140. The van der Waals surface area contributed by atoms with Crippen molar-refractivity contribution in [2.24, 2.45) is 0 Å². The Hall–Kier alpha value is -3.52. The van der Waals surface area contributed by atoms with Crippen molar-refractivity contribution in [1.82, 2.24) is 9.97 Å². The van der Waals surface area contributed by atoms with Gasteiger partial charge in [-0.05, 0) is 18.2 Å². The zero-order chi connectivity index (χ0) is 16.1. The molecule has 1 heterocycles. The van der Waals surface area contributed by atoms with Gasteiger partial charge in [-0.1, -0.05) is 0 Å². The summed E-state index contributed by atoms with van der Waals surface area (Å²) < 4.78 is 10.5. The molecule has 0 bridgehead atoms. The summed E-state index contributed by atoms with van der Waals surface area (Å²) >= 11 is 0. The van der Waals surface area contributed by atoms with Crippen molar-refractivity contribution < 1.29 is 9.47 Å². The lowest BCUT2D eigenvalue weighted by Crippen LogP contribution is -2.05. The van der Waals surface area contributed by atoms with Crippen LogP contribution in [-0.2, 0) is 0 Å². The van der Waals surface area contributed by atoms with Gasteiger partial charge in [-0.2, -0.15) is 15.5 Å². The van der Waals surface area contributed by atoms with Crippen LogP contribution in [0.5, 0.6) is 11.5 Å². The average Bonchev–Trinajstić information content (AvgIpc) is 2.52. The van der Waals surface area contributed by atoms with Crippen molar-refractivity contribution in [3.8, 4) is 34.9 Å². The summed E-state index contributed by atoms with van der Waals surface area (Å²) in [5.74, 6) is 0.760. The molecule has 0 aliphatic carbocycles. The molecule has 0 saturated heterocycles. The van der Waals surface area contributed by atoms with E-state index in [1.165, 1.54) is 7.11 Å². The maximum atomic E-state index is 9.21. The maximum absolute atomic E-state index is 9.21. The molecule has 22 heavy (non-hydrogen) atoms. The summed E-state index contributed by atoms with van der Waals surface area (Å²) in [6, 6.07) is 8.74. The predicted molar refractivity (Wildman–Crippen MR) is 78.7 cm³/mol. The number of methoxy groups -OCH3 is 1. The van der Waals surface area contributed by atoms with E-state index in [2.05, 4.69) is 9.97 Å². The number of aromatic nitrogens is 2. The minimum Gasteiger partial charge on any atom is -0.493 e. The number of benzene rings is 1. The van der Waals surface area contributed by atoms with E-state index >= 15 is 0 Å². The molecule has 0 spiro atoms. The molecular formula is C14H12N6O2. The molecule has 0 fully saturated rings. The highest BCUT2D eigenvalue weighted by atomic mass is 16.5. The van der Waals surface area contributed by atoms with Gasteiger partial charge in [-0.15, -0.1) is 0 Å². The third kappa shape index (κ3) is 2.81. The minimum absolute atomic E-state index is 0.000288. The number of ether oxygens (including phenoxy) is 2. The van der Waals surface area contributed by atoms with Gasteiger partial charge in [0.25, 0.3) is 0 Å². The third-order valence-corrected chi connectivity index (χ3v) is 2.80. The smallest absolute Gasteiger partial charge is 0.222 e. The van der Waals surface area contributed by atoms with Crippen LogP contribution in [0, 0.1) is 22.7 Å². The molecule has 0 amide bonds. The van der Waals surface area contributed by atoms with Crippen LogP contribution in [-0.4, -0.2) is 23.7 Å². The summed E-state index contributed by atoms with van der Waals surface area (Å²) in [4.78, 5) is 7.81. The zero-order valence-electron chi connectivity index (χ0n) is 11.7. The Kier molecular flexibility index (Phi) is 4.25. The number of nitrogen functional groups attached to an aromatic ring is 2. The van der Waals surface area contributed by atoms with E-state index in [1.54, 1.807) is 18.2 Å². The van der Waals surface area contributed by atoms with Crippen LogP contribution in [0.1, 0.15) is 5.56 Å². The molecule has 0 aliphatic heterocycles. The average molecular weight is 296 g/mol. The van der Waals surface area contributed by atoms with Gasteiger partial charge < -0.3 is 20.9 Å². The number of hydrogen-bond donors (Lipinski definition) is 2. The van der Waals surface area contributed by atoms with Crippen LogP contribution in [0.25, 0.3) is 11.3 Å². The molecule has 110 valence electrons. The Labute approximate surface area is 126 Å². The molecule has 0 atom stereocenters. The zero-order valence-corrected chi connectivity index (χ0v) is 11.7. The van der Waals surface area contributed by atoms with Gasteiger partial charge in [0.2, 0.25) is 5.95 Å². The molecule has 1 aromatic carbocycles. The van der Waals surface area contributed by atoms with Gasteiger partial charge in [-0.3, -0.25) is 0 Å². The highest BCUT2D eigenvalue weighted by molar-refractivity contribution is 5.74. The third-order valence-electron chi connectivity index (χ3n) is 2.80. The van der Waals surface area contributed by atoms with Gasteiger partial charge in [0.15, 0.2) is 18.1 Å². The Morgan fingerprint density at radius 3 is 2.59 bits per heavy atom. The fourth-order valence-corrected chi connectivity index (χ4v) is 1.86. The number of anilines is 2. The summed E-state index contributed by atoms with van der Waals surface area (Å²) in [5, 5.41) is 17.8. The lowest BCUT2D eigenvalue weighted by molar-refractivity contribution is 0.330. The van der Waals surface area contributed by atoms with Crippen LogP contribution in [0.15, 0.2) is 18.2 Å². The highest BCUT2D eigenvalue weighted by Gasteiger charge is 2.15. The molecule has 8 nitrogen and oxygen atoms in total. The lowest BCUT2D eigenvalue weighted by atomic mass is 10.1. The van der Waals surface area contributed by atoms with E-state index in [9.17, 15) is 5.26 Å². The fourth-order valence-electron chi connectivity index (χ4n) is 1.86. The first kappa shape index (κ1) is 14.9. The maximum Gasteiger partial charge on any atom is 0.222 e. The molecular weight excluding hydrogens is 284 g/mol. The Morgan fingerprint density at radius 1 is 1.18 bits per heavy atom. The summed E-state index contributed by atoms with van der Waals surface area (Å²) in [7, 11) is 1.48. The number of hydrogen-bond acceptors (Lipinski definition) is 8. The van der Waals surface area contributed by atoms with Crippen LogP contribution < -0.4 is 20.9 Å². The van der Waals surface area contributed by atoms with E-state index in [0.29, 0.717) is 17.1 Å². The molecule has 1 aromatic heterocycles. The summed E-state index contributed by atoms with van der Waals surface area (Å²) in [6.07, 6.45) is 0. The van der Waals surface area contributed by atoms with Crippen molar-refractivity contribution in [3.05, 3.63) is 23.8 Å². The van der Waals surface area contributed by atoms with Crippen molar-refractivity contribution >= 4 is 11.8 Å². The van der Waals surface area contributed by atoms with E-state index in [1.807, 2.05) is 12.1 Å². The van der Waals surface area contributed by atoms with E-state index in [-0.39, 0.29) is 29.6 Å². The van der Waals surface area contributed by atoms with Gasteiger partial charge in [0.05, 0.1) is 12.8 Å². The Morgan fingerprint density at radius 2 is 1.95 bits per heavy atom. The first-order valence-electron chi connectivity index (χ1n) is 6.12. The SMILES string of the molecule is COc1ccc(-c2nc(N)nc(N)c2C#N)cc1OCC#N. The van der Waals surface area contributed by atoms with Gasteiger partial charge in [0, 0.05) is 5.56 Å². The Balaban J connectivity index is 2.59. The molecule has 2 aromatic rings. The number of nitriles is 2. The largest absolute Gasteiger partial charge is 0.493 e. The molecule has 4 N–H and O–H groups in total. The number of nitrogens with zero attached hydrogens (tertiary/aromatic N) is 4. The van der Waals surface area contributed by atoms with E-state index in [4.69, 9.17) is 26.2 Å². The second kappa shape index (κ2) is 6.29. The highest BCUT2D eigenvalue weighted by Crippen LogP contribution is 2.34. The van der Waals surface area contributed by atoms with Crippen molar-refractivity contribution in [2.45, 2.75) is 0 Å².